The normalized spacial score (nSPS) is 25.2. The molecule has 1 atom stereocenters. The van der Waals surface area contributed by atoms with E-state index in [0.717, 1.165) is 13.1 Å². The summed E-state index contributed by atoms with van der Waals surface area (Å²) in [5.41, 5.74) is 5.34. The van der Waals surface area contributed by atoms with Crippen LogP contribution in [0.4, 0.5) is 0 Å². The highest BCUT2D eigenvalue weighted by Gasteiger charge is 2.16. The van der Waals surface area contributed by atoms with Crippen molar-refractivity contribution >= 4 is 5.84 Å². The second-order valence-corrected chi connectivity index (χ2v) is 3.99. The first kappa shape index (κ1) is 11.3. The molecule has 0 aromatic rings. The molecule has 0 aromatic carbocycles. The Kier molecular flexibility index (Phi) is 4.69. The highest BCUT2D eigenvalue weighted by atomic mass is 16.4. The highest BCUT2D eigenvalue weighted by Crippen LogP contribution is 2.13. The van der Waals surface area contributed by atoms with Crippen molar-refractivity contribution in [3.05, 3.63) is 0 Å². The summed E-state index contributed by atoms with van der Waals surface area (Å²) in [5, 5.41) is 14.4. The van der Waals surface area contributed by atoms with Crippen LogP contribution in [0.15, 0.2) is 5.16 Å². The predicted octanol–water partition coefficient (Wildman–Crippen LogP) is -0.336. The van der Waals surface area contributed by atoms with Crippen molar-refractivity contribution in [3.8, 4) is 0 Å². The summed E-state index contributed by atoms with van der Waals surface area (Å²) >= 11 is 0. The van der Waals surface area contributed by atoms with Crippen LogP contribution in [0.25, 0.3) is 0 Å². The molecule has 0 aromatic heterocycles. The van der Waals surface area contributed by atoms with E-state index in [1.165, 1.54) is 19.4 Å². The summed E-state index contributed by atoms with van der Waals surface area (Å²) in [7, 11) is 2.15. The SMILES string of the molecule is CN1CCCC(CNCC(N)=NO)C1. The van der Waals surface area contributed by atoms with Gasteiger partial charge < -0.3 is 21.2 Å². The Bertz CT molecular complexity index is 195. The van der Waals surface area contributed by atoms with Gasteiger partial charge in [0, 0.05) is 6.54 Å². The average molecular weight is 200 g/mol. The summed E-state index contributed by atoms with van der Waals surface area (Å²) in [5.74, 6) is 0.939. The van der Waals surface area contributed by atoms with Gasteiger partial charge in [-0.05, 0) is 38.9 Å². The van der Waals surface area contributed by atoms with Gasteiger partial charge in [-0.2, -0.15) is 0 Å². The fraction of sp³-hybridized carbons (Fsp3) is 0.889. The number of nitrogens with two attached hydrogens (primary N) is 1. The van der Waals surface area contributed by atoms with Crippen molar-refractivity contribution in [2.75, 3.05) is 33.2 Å². The molecule has 0 amide bonds. The molecular formula is C9H20N4O. The van der Waals surface area contributed by atoms with Crippen LogP contribution in [-0.4, -0.2) is 49.2 Å². The number of likely N-dealkylation sites (tertiary alicyclic amines) is 1. The molecule has 1 fully saturated rings. The van der Waals surface area contributed by atoms with Crippen molar-refractivity contribution in [1.82, 2.24) is 10.2 Å². The Labute approximate surface area is 84.9 Å². The summed E-state index contributed by atoms with van der Waals surface area (Å²) in [6.45, 7) is 3.76. The van der Waals surface area contributed by atoms with Gasteiger partial charge in [0.25, 0.3) is 0 Å². The molecule has 0 saturated carbocycles. The highest BCUT2D eigenvalue weighted by molar-refractivity contribution is 5.81. The molecule has 0 radical (unpaired) electrons. The van der Waals surface area contributed by atoms with E-state index in [4.69, 9.17) is 10.9 Å². The van der Waals surface area contributed by atoms with Gasteiger partial charge in [0.05, 0.1) is 6.54 Å². The lowest BCUT2D eigenvalue weighted by molar-refractivity contribution is 0.207. The molecule has 1 aliphatic rings. The average Bonchev–Trinajstić information content (AvgIpc) is 2.17. The maximum atomic E-state index is 8.33. The van der Waals surface area contributed by atoms with Gasteiger partial charge in [-0.3, -0.25) is 0 Å². The molecule has 0 spiro atoms. The van der Waals surface area contributed by atoms with E-state index in [2.05, 4.69) is 22.4 Å². The van der Waals surface area contributed by atoms with Gasteiger partial charge in [0.2, 0.25) is 0 Å². The zero-order valence-corrected chi connectivity index (χ0v) is 8.74. The Morgan fingerprint density at radius 2 is 2.50 bits per heavy atom. The minimum absolute atomic E-state index is 0.245. The quantitative estimate of drug-likeness (QED) is 0.251. The maximum Gasteiger partial charge on any atom is 0.153 e. The van der Waals surface area contributed by atoms with Crippen molar-refractivity contribution in [2.45, 2.75) is 12.8 Å². The third-order valence-electron chi connectivity index (χ3n) is 2.59. The monoisotopic (exact) mass is 200 g/mol. The lowest BCUT2D eigenvalue weighted by Crippen LogP contribution is -2.39. The molecule has 1 saturated heterocycles. The van der Waals surface area contributed by atoms with Crippen LogP contribution < -0.4 is 11.1 Å². The molecule has 0 aliphatic carbocycles. The van der Waals surface area contributed by atoms with Gasteiger partial charge in [-0.15, -0.1) is 0 Å². The number of hydrogen-bond donors (Lipinski definition) is 3. The Morgan fingerprint density at radius 1 is 1.71 bits per heavy atom. The van der Waals surface area contributed by atoms with Crippen LogP contribution in [0.1, 0.15) is 12.8 Å². The van der Waals surface area contributed by atoms with Gasteiger partial charge >= 0.3 is 0 Å². The number of piperidine rings is 1. The number of rotatable bonds is 4. The van der Waals surface area contributed by atoms with Gasteiger partial charge in [0.1, 0.15) is 0 Å². The summed E-state index contributed by atoms with van der Waals surface area (Å²) < 4.78 is 0. The van der Waals surface area contributed by atoms with Crippen molar-refractivity contribution < 1.29 is 5.21 Å². The molecule has 4 N–H and O–H groups in total. The van der Waals surface area contributed by atoms with Gasteiger partial charge in [0.15, 0.2) is 5.84 Å². The topological polar surface area (TPSA) is 73.9 Å². The first-order valence-corrected chi connectivity index (χ1v) is 5.08. The Morgan fingerprint density at radius 3 is 3.14 bits per heavy atom. The van der Waals surface area contributed by atoms with Crippen molar-refractivity contribution in [2.24, 2.45) is 16.8 Å². The zero-order valence-electron chi connectivity index (χ0n) is 8.74. The fourth-order valence-electron chi connectivity index (χ4n) is 1.88. The molecule has 0 bridgehead atoms. The molecule has 5 heteroatoms. The van der Waals surface area contributed by atoms with Crippen LogP contribution in [0, 0.1) is 5.92 Å². The van der Waals surface area contributed by atoms with Crippen molar-refractivity contribution in [1.29, 1.82) is 0 Å². The van der Waals surface area contributed by atoms with E-state index in [1.807, 2.05) is 0 Å². The third-order valence-corrected chi connectivity index (χ3v) is 2.59. The number of oxime groups is 1. The summed E-state index contributed by atoms with van der Waals surface area (Å²) in [6, 6.07) is 0. The lowest BCUT2D eigenvalue weighted by Gasteiger charge is -2.29. The van der Waals surface area contributed by atoms with E-state index < -0.39 is 0 Å². The first-order valence-electron chi connectivity index (χ1n) is 5.08. The van der Waals surface area contributed by atoms with Crippen LogP contribution in [0.5, 0.6) is 0 Å². The minimum atomic E-state index is 0.245. The smallest absolute Gasteiger partial charge is 0.153 e. The molecule has 1 aliphatic heterocycles. The minimum Gasteiger partial charge on any atom is -0.409 e. The predicted molar refractivity (Wildman–Crippen MR) is 56.5 cm³/mol. The van der Waals surface area contributed by atoms with E-state index >= 15 is 0 Å². The maximum absolute atomic E-state index is 8.33. The summed E-state index contributed by atoms with van der Waals surface area (Å²) in [4.78, 5) is 2.35. The second-order valence-electron chi connectivity index (χ2n) is 3.99. The summed E-state index contributed by atoms with van der Waals surface area (Å²) in [6.07, 6.45) is 2.54. The lowest BCUT2D eigenvalue weighted by atomic mass is 9.98. The van der Waals surface area contributed by atoms with Crippen LogP contribution >= 0.6 is 0 Å². The Hall–Kier alpha value is -0.810. The van der Waals surface area contributed by atoms with E-state index in [-0.39, 0.29) is 5.84 Å². The van der Waals surface area contributed by atoms with Crippen molar-refractivity contribution in [3.63, 3.8) is 0 Å². The van der Waals surface area contributed by atoms with Crippen LogP contribution in [0.2, 0.25) is 0 Å². The van der Waals surface area contributed by atoms with E-state index in [9.17, 15) is 0 Å². The number of amidine groups is 1. The van der Waals surface area contributed by atoms with E-state index in [1.54, 1.807) is 0 Å². The largest absolute Gasteiger partial charge is 0.409 e. The molecular weight excluding hydrogens is 180 g/mol. The van der Waals surface area contributed by atoms with Gasteiger partial charge in [-0.1, -0.05) is 5.16 Å². The van der Waals surface area contributed by atoms with Gasteiger partial charge in [-0.25, -0.2) is 0 Å². The first-order chi connectivity index (χ1) is 6.72. The van der Waals surface area contributed by atoms with E-state index in [0.29, 0.717) is 12.5 Å². The second kappa shape index (κ2) is 5.82. The molecule has 14 heavy (non-hydrogen) atoms. The molecule has 1 rings (SSSR count). The molecule has 1 heterocycles. The zero-order chi connectivity index (χ0) is 10.4. The number of nitrogens with one attached hydrogen (secondary N) is 1. The molecule has 82 valence electrons. The number of hydrogen-bond acceptors (Lipinski definition) is 4. The Balaban J connectivity index is 2.11. The van der Waals surface area contributed by atoms with Crippen LogP contribution in [0.3, 0.4) is 0 Å². The fourth-order valence-corrected chi connectivity index (χ4v) is 1.88. The molecule has 5 nitrogen and oxygen atoms in total. The third kappa shape index (κ3) is 3.93. The van der Waals surface area contributed by atoms with Crippen LogP contribution in [-0.2, 0) is 0 Å². The standard InChI is InChI=1S/C9H20N4O/c1-13-4-2-3-8(7-13)5-11-6-9(10)12-14/h8,11,14H,2-7H2,1H3,(H2,10,12). The number of nitrogens with zero attached hydrogens (tertiary/aromatic N) is 2. The molecule has 1 unspecified atom stereocenters.